The lowest BCUT2D eigenvalue weighted by Gasteiger charge is -2.14. The van der Waals surface area contributed by atoms with E-state index in [1.807, 2.05) is 0 Å². The normalized spacial score (nSPS) is 11.6. The van der Waals surface area contributed by atoms with Crippen LogP contribution in [0.2, 0.25) is 10.0 Å². The molecule has 33 heavy (non-hydrogen) atoms. The van der Waals surface area contributed by atoms with Crippen molar-refractivity contribution in [2.24, 2.45) is 7.05 Å². The first-order chi connectivity index (χ1) is 15.7. The first-order valence-corrected chi connectivity index (χ1v) is 11.3. The average molecular weight is 508 g/mol. The zero-order valence-corrected chi connectivity index (χ0v) is 19.8. The van der Waals surface area contributed by atoms with Crippen molar-refractivity contribution < 1.29 is 19.5 Å². The van der Waals surface area contributed by atoms with E-state index in [0.29, 0.717) is 21.7 Å². The molecule has 0 bridgehead atoms. The topological polar surface area (TPSA) is 126 Å². The Morgan fingerprint density at radius 3 is 2.45 bits per heavy atom. The van der Waals surface area contributed by atoms with Crippen molar-refractivity contribution in [1.82, 2.24) is 20.1 Å². The number of carboxylic acids is 1. The molecule has 0 spiro atoms. The molecule has 3 rings (SSSR count). The third kappa shape index (κ3) is 6.25. The van der Waals surface area contributed by atoms with Crippen molar-refractivity contribution in [3.05, 3.63) is 69.5 Å². The van der Waals surface area contributed by atoms with Crippen LogP contribution in [0.4, 0.5) is 5.69 Å². The number of aromatic carboxylic acids is 1. The van der Waals surface area contributed by atoms with Gasteiger partial charge in [0.2, 0.25) is 5.91 Å². The number of rotatable bonds is 8. The highest BCUT2D eigenvalue weighted by atomic mass is 35.5. The maximum atomic E-state index is 12.5. The number of carbonyl (C=O) groups is 3. The first-order valence-electron chi connectivity index (χ1n) is 9.57. The molecular weight excluding hydrogens is 489 g/mol. The number of thioether (sulfide) groups is 1. The Bertz CT molecular complexity index is 1200. The summed E-state index contributed by atoms with van der Waals surface area (Å²) in [4.78, 5) is 35.7. The molecule has 9 nitrogen and oxygen atoms in total. The maximum absolute atomic E-state index is 12.5. The molecule has 0 aliphatic heterocycles. The number of hydrogen-bond acceptors (Lipinski definition) is 6. The van der Waals surface area contributed by atoms with Crippen molar-refractivity contribution in [3.63, 3.8) is 0 Å². The van der Waals surface area contributed by atoms with Gasteiger partial charge in [0.1, 0.15) is 0 Å². The van der Waals surface area contributed by atoms with Crippen LogP contribution in [0.15, 0.2) is 47.6 Å². The zero-order chi connectivity index (χ0) is 24.1. The molecule has 1 heterocycles. The summed E-state index contributed by atoms with van der Waals surface area (Å²) < 4.78 is 1.69. The molecule has 2 amide bonds. The third-order valence-corrected chi connectivity index (χ3v) is 6.10. The minimum Gasteiger partial charge on any atom is -0.478 e. The minimum absolute atomic E-state index is 0.0633. The Kier molecular flexibility index (Phi) is 7.96. The van der Waals surface area contributed by atoms with Gasteiger partial charge in [-0.25, -0.2) is 4.79 Å². The summed E-state index contributed by atoms with van der Waals surface area (Å²) in [7, 11) is 1.73. The Morgan fingerprint density at radius 1 is 1.12 bits per heavy atom. The quantitative estimate of drug-likeness (QED) is 0.392. The summed E-state index contributed by atoms with van der Waals surface area (Å²) in [6.45, 7) is 1.76. The monoisotopic (exact) mass is 507 g/mol. The Morgan fingerprint density at radius 2 is 1.82 bits per heavy atom. The highest BCUT2D eigenvalue weighted by Crippen LogP contribution is 2.23. The lowest BCUT2D eigenvalue weighted by Crippen LogP contribution is -2.28. The third-order valence-electron chi connectivity index (χ3n) is 4.53. The number of amides is 2. The fraction of sp³-hybridized carbons (Fsp3) is 0.190. The predicted octanol–water partition coefficient (Wildman–Crippen LogP) is 4.04. The lowest BCUT2D eigenvalue weighted by atomic mass is 10.2. The molecule has 3 aromatic rings. The molecule has 0 saturated heterocycles. The van der Waals surface area contributed by atoms with E-state index >= 15 is 0 Å². The molecule has 0 fully saturated rings. The van der Waals surface area contributed by atoms with Gasteiger partial charge in [-0.1, -0.05) is 35.0 Å². The van der Waals surface area contributed by atoms with Gasteiger partial charge in [-0.05, 0) is 49.4 Å². The fourth-order valence-electron chi connectivity index (χ4n) is 2.86. The summed E-state index contributed by atoms with van der Waals surface area (Å²) in [5.41, 5.74) is 0.910. The van der Waals surface area contributed by atoms with Gasteiger partial charge in [0.15, 0.2) is 11.0 Å². The number of carbonyl (C=O) groups excluding carboxylic acids is 2. The average Bonchev–Trinajstić information content (AvgIpc) is 3.13. The van der Waals surface area contributed by atoms with Crippen molar-refractivity contribution in [2.45, 2.75) is 18.1 Å². The number of aromatic nitrogens is 3. The van der Waals surface area contributed by atoms with Crippen LogP contribution >= 0.6 is 35.0 Å². The summed E-state index contributed by atoms with van der Waals surface area (Å²) >= 11 is 13.1. The van der Waals surface area contributed by atoms with Crippen LogP contribution in [0.1, 0.15) is 39.5 Å². The molecule has 3 N–H and O–H groups in total. The Hall–Kier alpha value is -3.08. The molecule has 172 valence electrons. The van der Waals surface area contributed by atoms with E-state index in [9.17, 15) is 14.4 Å². The summed E-state index contributed by atoms with van der Waals surface area (Å²) in [5, 5.41) is 23.8. The van der Waals surface area contributed by atoms with Crippen LogP contribution in [0.5, 0.6) is 0 Å². The van der Waals surface area contributed by atoms with Crippen LogP contribution in [0.25, 0.3) is 0 Å². The highest BCUT2D eigenvalue weighted by Gasteiger charge is 2.20. The summed E-state index contributed by atoms with van der Waals surface area (Å²) in [6, 6.07) is 9.99. The van der Waals surface area contributed by atoms with Gasteiger partial charge in [0, 0.05) is 17.8 Å². The molecule has 0 saturated carbocycles. The first kappa shape index (κ1) is 24.6. The summed E-state index contributed by atoms with van der Waals surface area (Å²) in [5.74, 6) is -1.14. The Balaban J connectivity index is 1.57. The van der Waals surface area contributed by atoms with E-state index in [-0.39, 0.29) is 33.7 Å². The van der Waals surface area contributed by atoms with E-state index in [4.69, 9.17) is 28.3 Å². The number of nitrogens with one attached hydrogen (secondary N) is 2. The van der Waals surface area contributed by atoms with E-state index in [1.54, 1.807) is 30.7 Å². The fourth-order valence-corrected chi connectivity index (χ4v) is 4.08. The SMILES string of the molecule is C[C@@H](NC(=O)c1ccc(Cl)cc1Cl)c1nnc(SCC(=O)Nc2ccc(C(=O)O)cc2)n1C. The van der Waals surface area contributed by atoms with Crippen LogP contribution in [0, 0.1) is 0 Å². The molecule has 1 aromatic heterocycles. The van der Waals surface area contributed by atoms with Gasteiger partial charge in [0.25, 0.3) is 5.91 Å². The molecule has 0 radical (unpaired) electrons. The minimum atomic E-state index is -1.04. The number of hydrogen-bond donors (Lipinski definition) is 3. The van der Waals surface area contributed by atoms with Gasteiger partial charge in [-0.2, -0.15) is 0 Å². The smallest absolute Gasteiger partial charge is 0.335 e. The number of anilines is 1. The largest absolute Gasteiger partial charge is 0.478 e. The highest BCUT2D eigenvalue weighted by molar-refractivity contribution is 7.99. The predicted molar refractivity (Wildman–Crippen MR) is 126 cm³/mol. The van der Waals surface area contributed by atoms with Crippen LogP contribution in [-0.4, -0.2) is 43.4 Å². The van der Waals surface area contributed by atoms with Gasteiger partial charge in [0.05, 0.1) is 27.9 Å². The molecular formula is C21H19Cl2N5O4S. The van der Waals surface area contributed by atoms with Crippen molar-refractivity contribution in [1.29, 1.82) is 0 Å². The van der Waals surface area contributed by atoms with E-state index in [2.05, 4.69) is 20.8 Å². The zero-order valence-electron chi connectivity index (χ0n) is 17.5. The number of halogens is 2. The molecule has 2 aromatic carbocycles. The van der Waals surface area contributed by atoms with Gasteiger partial charge in [-0.15, -0.1) is 10.2 Å². The molecule has 12 heteroatoms. The van der Waals surface area contributed by atoms with Gasteiger partial charge in [-0.3, -0.25) is 9.59 Å². The van der Waals surface area contributed by atoms with E-state index in [0.717, 1.165) is 0 Å². The van der Waals surface area contributed by atoms with Gasteiger partial charge >= 0.3 is 5.97 Å². The summed E-state index contributed by atoms with van der Waals surface area (Å²) in [6.07, 6.45) is 0. The van der Waals surface area contributed by atoms with Crippen LogP contribution in [-0.2, 0) is 11.8 Å². The van der Waals surface area contributed by atoms with E-state index in [1.165, 1.54) is 42.1 Å². The van der Waals surface area contributed by atoms with Crippen molar-refractivity contribution >= 4 is 58.4 Å². The number of benzene rings is 2. The number of nitrogens with zero attached hydrogens (tertiary/aromatic N) is 3. The van der Waals surface area contributed by atoms with Crippen LogP contribution in [0.3, 0.4) is 0 Å². The van der Waals surface area contributed by atoms with E-state index < -0.39 is 12.0 Å². The standard InChI is InChI=1S/C21H19Cl2N5O4S/c1-11(24-19(30)15-8-5-13(22)9-16(15)23)18-26-27-21(28(18)2)33-10-17(29)25-14-6-3-12(4-7-14)20(31)32/h3-9,11H,10H2,1-2H3,(H,24,30)(H,25,29)(H,31,32)/t11-/m1/s1. The molecule has 0 aliphatic rings. The Labute approximate surface area is 203 Å². The maximum Gasteiger partial charge on any atom is 0.335 e. The second kappa shape index (κ2) is 10.7. The second-order valence-corrected chi connectivity index (χ2v) is 8.72. The van der Waals surface area contributed by atoms with Crippen molar-refractivity contribution in [2.75, 3.05) is 11.1 Å². The second-order valence-electron chi connectivity index (χ2n) is 6.94. The molecule has 0 unspecified atom stereocenters. The molecule has 1 atom stereocenters. The lowest BCUT2D eigenvalue weighted by molar-refractivity contribution is -0.113. The number of carboxylic acid groups (broad SMARTS) is 1. The van der Waals surface area contributed by atoms with Crippen molar-refractivity contribution in [3.8, 4) is 0 Å². The van der Waals surface area contributed by atoms with Crippen LogP contribution < -0.4 is 10.6 Å². The molecule has 0 aliphatic carbocycles. The van der Waals surface area contributed by atoms with Gasteiger partial charge < -0.3 is 20.3 Å².